The first kappa shape index (κ1) is 16.6. The lowest BCUT2D eigenvalue weighted by molar-refractivity contribution is -0.126. The number of nitrogens with one attached hydrogen (secondary N) is 1. The summed E-state index contributed by atoms with van der Waals surface area (Å²) in [6.45, 7) is 4.32. The van der Waals surface area contributed by atoms with Gasteiger partial charge in [-0.2, -0.15) is 0 Å². The van der Waals surface area contributed by atoms with Crippen LogP contribution in [-0.4, -0.2) is 26.0 Å². The lowest BCUT2D eigenvalue weighted by atomic mass is 9.99. The zero-order chi connectivity index (χ0) is 17.2. The second-order valence-electron chi connectivity index (χ2n) is 6.64. The first-order valence-corrected chi connectivity index (χ1v) is 8.52. The Hall–Kier alpha value is -2.21. The quantitative estimate of drug-likeness (QED) is 0.818. The van der Waals surface area contributed by atoms with E-state index < -0.39 is 6.10 Å². The molecule has 1 atom stereocenters. The molecule has 1 amide bonds. The van der Waals surface area contributed by atoms with Crippen LogP contribution in [0.3, 0.4) is 0 Å². The van der Waals surface area contributed by atoms with Crippen LogP contribution in [0.5, 0.6) is 0 Å². The van der Waals surface area contributed by atoms with Crippen molar-refractivity contribution in [3.05, 3.63) is 41.7 Å². The van der Waals surface area contributed by atoms with E-state index in [4.69, 9.17) is 0 Å². The summed E-state index contributed by atoms with van der Waals surface area (Å²) in [6, 6.07) is 7.80. The molecule has 1 saturated carbocycles. The molecule has 1 unspecified atom stereocenters. The van der Waals surface area contributed by atoms with Crippen molar-refractivity contribution < 1.29 is 9.90 Å². The highest BCUT2D eigenvalue weighted by Gasteiger charge is 2.48. The zero-order valence-corrected chi connectivity index (χ0v) is 14.2. The zero-order valence-electron chi connectivity index (χ0n) is 14.2. The summed E-state index contributed by atoms with van der Waals surface area (Å²) < 4.78 is 1.63. The largest absolute Gasteiger partial charge is 0.387 e. The van der Waals surface area contributed by atoms with Crippen LogP contribution in [0.4, 0.5) is 0 Å². The number of nitrogens with zero attached hydrogens (tertiary/aromatic N) is 3. The van der Waals surface area contributed by atoms with E-state index in [0.717, 1.165) is 36.9 Å². The number of rotatable bonds is 7. The summed E-state index contributed by atoms with van der Waals surface area (Å²) in [5, 5.41) is 20.5. The van der Waals surface area contributed by atoms with Crippen LogP contribution in [0, 0.1) is 5.41 Å². The predicted molar refractivity (Wildman–Crippen MR) is 90.4 cm³/mol. The maximum atomic E-state index is 12.3. The summed E-state index contributed by atoms with van der Waals surface area (Å²) in [7, 11) is 0. The van der Waals surface area contributed by atoms with Gasteiger partial charge in [-0.1, -0.05) is 30.7 Å². The maximum absolute atomic E-state index is 12.3. The van der Waals surface area contributed by atoms with Crippen LogP contribution < -0.4 is 5.32 Å². The van der Waals surface area contributed by atoms with E-state index in [1.54, 1.807) is 17.8 Å². The molecule has 0 radical (unpaired) electrons. The molecule has 6 nitrogen and oxygen atoms in total. The SMILES string of the molecule is CCCC1(C(=O)NCc2ccc(-n3cc(C(C)O)nn3)cc2)CC1. The van der Waals surface area contributed by atoms with Crippen molar-refractivity contribution in [2.75, 3.05) is 0 Å². The van der Waals surface area contributed by atoms with Crippen LogP contribution in [-0.2, 0) is 11.3 Å². The van der Waals surface area contributed by atoms with Gasteiger partial charge >= 0.3 is 0 Å². The third-order valence-corrected chi connectivity index (χ3v) is 4.66. The average Bonchev–Trinajstić information content (AvgIpc) is 3.19. The molecule has 1 aromatic carbocycles. The van der Waals surface area contributed by atoms with E-state index in [2.05, 4.69) is 22.6 Å². The fourth-order valence-corrected chi connectivity index (χ4v) is 2.95. The summed E-state index contributed by atoms with van der Waals surface area (Å²) in [5.74, 6) is 0.186. The van der Waals surface area contributed by atoms with Gasteiger partial charge in [0.1, 0.15) is 5.69 Å². The smallest absolute Gasteiger partial charge is 0.226 e. The Morgan fingerprint density at radius 1 is 1.38 bits per heavy atom. The van der Waals surface area contributed by atoms with Crippen LogP contribution in [0.25, 0.3) is 5.69 Å². The number of amides is 1. The van der Waals surface area contributed by atoms with Crippen molar-refractivity contribution >= 4 is 5.91 Å². The molecule has 1 aromatic heterocycles. The van der Waals surface area contributed by atoms with Crippen LogP contribution in [0.2, 0.25) is 0 Å². The number of aromatic nitrogens is 3. The van der Waals surface area contributed by atoms with Crippen LogP contribution >= 0.6 is 0 Å². The predicted octanol–water partition coefficient (Wildman–Crippen LogP) is 2.52. The Balaban J connectivity index is 1.59. The normalized spacial score (nSPS) is 16.6. The standard InChI is InChI=1S/C18H24N4O2/c1-3-8-18(9-10-18)17(24)19-11-14-4-6-15(7-5-14)22-12-16(13(2)23)20-21-22/h4-7,12-13,23H,3,8-11H2,1-2H3,(H,19,24). The number of aliphatic hydroxyl groups excluding tert-OH is 1. The maximum Gasteiger partial charge on any atom is 0.226 e. The number of carbonyl (C=O) groups is 1. The molecule has 0 bridgehead atoms. The van der Waals surface area contributed by atoms with E-state index in [9.17, 15) is 9.90 Å². The van der Waals surface area contributed by atoms with E-state index in [1.165, 1.54) is 0 Å². The van der Waals surface area contributed by atoms with Crippen molar-refractivity contribution in [2.24, 2.45) is 5.41 Å². The topological polar surface area (TPSA) is 80.0 Å². The average molecular weight is 328 g/mol. The molecule has 128 valence electrons. The van der Waals surface area contributed by atoms with Gasteiger partial charge in [0.25, 0.3) is 0 Å². The van der Waals surface area contributed by atoms with Crippen molar-refractivity contribution in [1.82, 2.24) is 20.3 Å². The summed E-state index contributed by atoms with van der Waals surface area (Å²) in [5.41, 5.74) is 2.37. The molecule has 2 N–H and O–H groups in total. The van der Waals surface area contributed by atoms with Gasteiger partial charge < -0.3 is 10.4 Å². The van der Waals surface area contributed by atoms with E-state index >= 15 is 0 Å². The highest BCUT2D eigenvalue weighted by molar-refractivity contribution is 5.85. The van der Waals surface area contributed by atoms with Crippen LogP contribution in [0.15, 0.2) is 30.5 Å². The van der Waals surface area contributed by atoms with E-state index in [1.807, 2.05) is 24.3 Å². The number of carbonyl (C=O) groups excluding carboxylic acids is 1. The Bertz CT molecular complexity index is 702. The third kappa shape index (κ3) is 3.48. The van der Waals surface area contributed by atoms with E-state index in [0.29, 0.717) is 12.2 Å². The van der Waals surface area contributed by atoms with Gasteiger partial charge in [-0.25, -0.2) is 4.68 Å². The molecule has 6 heteroatoms. The Morgan fingerprint density at radius 3 is 2.62 bits per heavy atom. The lowest BCUT2D eigenvalue weighted by Crippen LogP contribution is -2.31. The Kier molecular flexibility index (Phi) is 4.66. The molecule has 0 saturated heterocycles. The van der Waals surface area contributed by atoms with Gasteiger partial charge in [-0.3, -0.25) is 4.79 Å². The second kappa shape index (κ2) is 6.73. The Labute approximate surface area is 141 Å². The van der Waals surface area contributed by atoms with Gasteiger partial charge in [0, 0.05) is 12.0 Å². The highest BCUT2D eigenvalue weighted by Crippen LogP contribution is 2.49. The van der Waals surface area contributed by atoms with Crippen molar-refractivity contribution in [1.29, 1.82) is 0 Å². The Morgan fingerprint density at radius 2 is 2.08 bits per heavy atom. The monoisotopic (exact) mass is 328 g/mol. The first-order valence-electron chi connectivity index (χ1n) is 8.52. The summed E-state index contributed by atoms with van der Waals surface area (Å²) in [4.78, 5) is 12.3. The minimum atomic E-state index is -0.633. The second-order valence-corrected chi connectivity index (χ2v) is 6.64. The summed E-state index contributed by atoms with van der Waals surface area (Å²) in [6.07, 6.45) is 5.14. The minimum Gasteiger partial charge on any atom is -0.387 e. The molecule has 1 heterocycles. The fourth-order valence-electron chi connectivity index (χ4n) is 2.95. The number of hydrogen-bond donors (Lipinski definition) is 2. The van der Waals surface area contributed by atoms with Gasteiger partial charge in [0.05, 0.1) is 18.0 Å². The van der Waals surface area contributed by atoms with Gasteiger partial charge in [0.15, 0.2) is 0 Å². The van der Waals surface area contributed by atoms with Gasteiger partial charge in [0.2, 0.25) is 5.91 Å². The van der Waals surface area contributed by atoms with Crippen LogP contribution in [0.1, 0.15) is 56.9 Å². The van der Waals surface area contributed by atoms with Crippen molar-refractivity contribution in [3.8, 4) is 5.69 Å². The molecular weight excluding hydrogens is 304 g/mol. The minimum absolute atomic E-state index is 0.0905. The first-order chi connectivity index (χ1) is 11.5. The number of aliphatic hydroxyl groups is 1. The summed E-state index contributed by atoms with van der Waals surface area (Å²) >= 11 is 0. The number of hydrogen-bond acceptors (Lipinski definition) is 4. The molecule has 0 spiro atoms. The molecule has 1 aliphatic rings. The van der Waals surface area contributed by atoms with Crippen molar-refractivity contribution in [2.45, 2.75) is 52.2 Å². The fraction of sp³-hybridized carbons (Fsp3) is 0.500. The van der Waals surface area contributed by atoms with Crippen molar-refractivity contribution in [3.63, 3.8) is 0 Å². The molecule has 2 aromatic rings. The molecule has 3 rings (SSSR count). The molecule has 0 aliphatic heterocycles. The molecule has 1 aliphatic carbocycles. The van der Waals surface area contributed by atoms with Gasteiger partial charge in [-0.15, -0.1) is 5.10 Å². The number of benzene rings is 1. The third-order valence-electron chi connectivity index (χ3n) is 4.66. The van der Waals surface area contributed by atoms with Gasteiger partial charge in [-0.05, 0) is 43.9 Å². The molecular formula is C18H24N4O2. The molecule has 1 fully saturated rings. The lowest BCUT2D eigenvalue weighted by Gasteiger charge is -2.14. The van der Waals surface area contributed by atoms with E-state index in [-0.39, 0.29) is 11.3 Å². The molecule has 24 heavy (non-hydrogen) atoms. The highest BCUT2D eigenvalue weighted by atomic mass is 16.3.